The van der Waals surface area contributed by atoms with Crippen LogP contribution in [0, 0.1) is 0 Å². The summed E-state index contributed by atoms with van der Waals surface area (Å²) >= 11 is 0. The van der Waals surface area contributed by atoms with Crippen molar-refractivity contribution in [2.75, 3.05) is 19.5 Å². The molecule has 0 saturated heterocycles. The molecule has 0 radical (unpaired) electrons. The largest absolute Gasteiger partial charge is 0.497 e. The molecular formula is C20H19BF2N6O2. The topological polar surface area (TPSA) is 86.5 Å². The van der Waals surface area contributed by atoms with E-state index in [0.717, 1.165) is 11.0 Å². The van der Waals surface area contributed by atoms with Gasteiger partial charge in [-0.15, -0.1) is 20.4 Å². The Hall–Kier alpha value is -3.76. The second kappa shape index (κ2) is 8.17. The lowest BCUT2D eigenvalue weighted by atomic mass is 9.99. The number of methoxy groups -OCH3 is 2. The molecular weight excluding hydrogens is 405 g/mol. The number of anilines is 1. The molecule has 4 aromatic rings. The van der Waals surface area contributed by atoms with E-state index in [-0.39, 0.29) is 0 Å². The van der Waals surface area contributed by atoms with Crippen molar-refractivity contribution in [1.82, 2.24) is 24.8 Å². The Balaban J connectivity index is 1.53. The number of nitrogens with one attached hydrogen (secondary N) is 1. The second-order valence-corrected chi connectivity index (χ2v) is 6.87. The molecule has 158 valence electrons. The van der Waals surface area contributed by atoms with Crippen LogP contribution in [0.5, 0.6) is 11.5 Å². The zero-order valence-electron chi connectivity index (χ0n) is 17.1. The van der Waals surface area contributed by atoms with Crippen molar-refractivity contribution in [1.29, 1.82) is 0 Å². The normalized spacial score (nSPS) is 11.5. The third kappa shape index (κ3) is 3.98. The van der Waals surface area contributed by atoms with Crippen LogP contribution in [0.2, 0.25) is 0 Å². The summed E-state index contributed by atoms with van der Waals surface area (Å²) in [5.41, 5.74) is 1.48. The number of rotatable bonds is 7. The van der Waals surface area contributed by atoms with Crippen LogP contribution in [0.4, 0.5) is 14.6 Å². The fraction of sp³-hybridized carbons (Fsp3) is 0.200. The molecule has 0 aliphatic carbocycles. The van der Waals surface area contributed by atoms with Gasteiger partial charge in [0.15, 0.2) is 5.65 Å². The molecule has 1 N–H and O–H groups in total. The van der Waals surface area contributed by atoms with Crippen molar-refractivity contribution >= 4 is 24.8 Å². The number of hydrogen-bond donors (Lipinski definition) is 1. The summed E-state index contributed by atoms with van der Waals surface area (Å²) in [4.78, 5) is 0. The van der Waals surface area contributed by atoms with Crippen molar-refractivity contribution in [3.8, 4) is 11.5 Å². The maximum absolute atomic E-state index is 15.1. The van der Waals surface area contributed by atoms with E-state index in [1.807, 2.05) is 6.07 Å². The Morgan fingerprint density at radius 2 is 1.84 bits per heavy atom. The van der Waals surface area contributed by atoms with Crippen LogP contribution in [-0.2, 0) is 12.5 Å². The molecule has 0 spiro atoms. The van der Waals surface area contributed by atoms with Gasteiger partial charge in [0.1, 0.15) is 30.9 Å². The average Bonchev–Trinajstić information content (AvgIpc) is 3.21. The predicted octanol–water partition coefficient (Wildman–Crippen LogP) is 1.55. The van der Waals surface area contributed by atoms with Crippen LogP contribution in [0.3, 0.4) is 0 Å². The molecule has 1 aromatic carbocycles. The number of benzene rings is 1. The molecule has 8 nitrogen and oxygen atoms in total. The van der Waals surface area contributed by atoms with Gasteiger partial charge in [0.05, 0.1) is 14.2 Å². The average molecular weight is 424 g/mol. The molecule has 0 amide bonds. The third-order valence-corrected chi connectivity index (χ3v) is 4.77. The number of ether oxygens (including phenoxy) is 2. The van der Waals surface area contributed by atoms with Crippen molar-refractivity contribution in [2.24, 2.45) is 0 Å². The SMILES string of the molecule is Bc1ccc2nnc(C(F)(F)c3ccc(NCc4ccc(OC)cc4OC)nn3)n2c1. The van der Waals surface area contributed by atoms with Crippen LogP contribution in [0.25, 0.3) is 5.65 Å². The molecule has 0 atom stereocenters. The van der Waals surface area contributed by atoms with E-state index in [1.165, 1.54) is 16.5 Å². The summed E-state index contributed by atoms with van der Waals surface area (Å²) in [7, 11) is 4.94. The summed E-state index contributed by atoms with van der Waals surface area (Å²) in [6.07, 6.45) is 1.56. The highest BCUT2D eigenvalue weighted by atomic mass is 19.3. The van der Waals surface area contributed by atoms with Gasteiger partial charge in [-0.25, -0.2) is 0 Å². The summed E-state index contributed by atoms with van der Waals surface area (Å²) in [6, 6.07) is 11.5. The van der Waals surface area contributed by atoms with Crippen molar-refractivity contribution in [2.45, 2.75) is 12.5 Å². The molecule has 4 rings (SSSR count). The molecule has 0 bridgehead atoms. The van der Waals surface area contributed by atoms with E-state index in [1.54, 1.807) is 52.5 Å². The maximum Gasteiger partial charge on any atom is 0.350 e. The zero-order chi connectivity index (χ0) is 22.0. The standard InChI is InChI=1S/C20H19BF2N6O2/c1-30-14-5-3-12(15(9-14)31-2)10-24-17-7-6-16(25-26-17)20(22,23)19-28-27-18-8-4-13(21)11-29(18)19/h3-9,11H,10,21H2,1-2H3,(H,24,26). The molecule has 0 aliphatic heterocycles. The summed E-state index contributed by atoms with van der Waals surface area (Å²) in [6.45, 7) is 0.367. The Morgan fingerprint density at radius 1 is 1.00 bits per heavy atom. The molecule has 11 heteroatoms. The van der Waals surface area contributed by atoms with E-state index in [9.17, 15) is 0 Å². The highest BCUT2D eigenvalue weighted by Crippen LogP contribution is 2.33. The maximum atomic E-state index is 15.1. The number of alkyl halides is 2. The van der Waals surface area contributed by atoms with Crippen LogP contribution in [0.1, 0.15) is 17.1 Å². The van der Waals surface area contributed by atoms with Crippen LogP contribution >= 0.6 is 0 Å². The predicted molar refractivity (Wildman–Crippen MR) is 113 cm³/mol. The van der Waals surface area contributed by atoms with E-state index in [4.69, 9.17) is 9.47 Å². The third-order valence-electron chi connectivity index (χ3n) is 4.77. The van der Waals surface area contributed by atoms with Gasteiger partial charge in [0, 0.05) is 24.4 Å². The van der Waals surface area contributed by atoms with Gasteiger partial charge in [-0.05, 0) is 30.3 Å². The first-order chi connectivity index (χ1) is 14.9. The quantitative estimate of drug-likeness (QED) is 0.451. The van der Waals surface area contributed by atoms with Crippen molar-refractivity contribution in [3.05, 3.63) is 65.7 Å². The Morgan fingerprint density at radius 3 is 2.55 bits per heavy atom. The van der Waals surface area contributed by atoms with Gasteiger partial charge >= 0.3 is 5.92 Å². The molecule has 3 aromatic heterocycles. The van der Waals surface area contributed by atoms with E-state index in [0.29, 0.717) is 29.5 Å². The van der Waals surface area contributed by atoms with Gasteiger partial charge in [-0.1, -0.05) is 11.5 Å². The molecule has 3 heterocycles. The second-order valence-electron chi connectivity index (χ2n) is 6.87. The number of halogens is 2. The number of nitrogens with zero attached hydrogens (tertiary/aromatic N) is 5. The Bertz CT molecular complexity index is 1220. The number of pyridine rings is 1. The Labute approximate surface area is 177 Å². The smallest absolute Gasteiger partial charge is 0.350 e. The highest BCUT2D eigenvalue weighted by molar-refractivity contribution is 6.32. The fourth-order valence-electron chi connectivity index (χ4n) is 3.10. The van der Waals surface area contributed by atoms with Crippen LogP contribution in [-0.4, -0.2) is 46.9 Å². The van der Waals surface area contributed by atoms with E-state index in [2.05, 4.69) is 25.7 Å². The first-order valence-corrected chi connectivity index (χ1v) is 9.41. The molecule has 0 aliphatic rings. The summed E-state index contributed by atoms with van der Waals surface area (Å²) in [5.74, 6) is -2.32. The summed E-state index contributed by atoms with van der Waals surface area (Å²) in [5, 5.41) is 18.2. The van der Waals surface area contributed by atoms with Gasteiger partial charge in [0.25, 0.3) is 0 Å². The minimum Gasteiger partial charge on any atom is -0.497 e. The van der Waals surface area contributed by atoms with Gasteiger partial charge in [0.2, 0.25) is 5.82 Å². The highest BCUT2D eigenvalue weighted by Gasteiger charge is 2.41. The van der Waals surface area contributed by atoms with Crippen LogP contribution < -0.4 is 20.3 Å². The number of hydrogen-bond acceptors (Lipinski definition) is 7. The number of fused-ring (bicyclic) bond motifs is 1. The minimum absolute atomic E-state index is 0.333. The molecule has 0 fully saturated rings. The van der Waals surface area contributed by atoms with E-state index >= 15 is 8.78 Å². The lowest BCUT2D eigenvalue weighted by Crippen LogP contribution is -2.22. The van der Waals surface area contributed by atoms with Gasteiger partial charge in [-0.3, -0.25) is 4.40 Å². The van der Waals surface area contributed by atoms with Crippen molar-refractivity contribution in [3.63, 3.8) is 0 Å². The van der Waals surface area contributed by atoms with Gasteiger partial charge in [-0.2, -0.15) is 8.78 Å². The molecule has 0 unspecified atom stereocenters. The lowest BCUT2D eigenvalue weighted by molar-refractivity contribution is 0.0261. The van der Waals surface area contributed by atoms with Gasteiger partial charge < -0.3 is 14.8 Å². The summed E-state index contributed by atoms with van der Waals surface area (Å²) < 4.78 is 41.9. The fourth-order valence-corrected chi connectivity index (χ4v) is 3.10. The molecule has 0 saturated carbocycles. The Kier molecular flexibility index (Phi) is 5.41. The molecule has 31 heavy (non-hydrogen) atoms. The van der Waals surface area contributed by atoms with Crippen LogP contribution in [0.15, 0.2) is 48.7 Å². The van der Waals surface area contributed by atoms with E-state index < -0.39 is 17.4 Å². The number of aromatic nitrogens is 5. The first kappa shape index (κ1) is 20.5. The zero-order valence-corrected chi connectivity index (χ0v) is 17.1. The van der Waals surface area contributed by atoms with Crippen molar-refractivity contribution < 1.29 is 18.3 Å². The first-order valence-electron chi connectivity index (χ1n) is 9.41. The monoisotopic (exact) mass is 424 g/mol. The lowest BCUT2D eigenvalue weighted by Gasteiger charge is -2.14. The minimum atomic E-state index is -3.46.